The largest absolute Gasteiger partial charge is 0.508 e. The van der Waals surface area contributed by atoms with E-state index in [1.807, 2.05) is 0 Å². The predicted molar refractivity (Wildman–Crippen MR) is 104 cm³/mol. The third-order valence-electron chi connectivity index (χ3n) is 3.76. The van der Waals surface area contributed by atoms with Gasteiger partial charge in [-0.05, 0) is 66.2 Å². The summed E-state index contributed by atoms with van der Waals surface area (Å²) in [7, 11) is 0. The molecule has 140 valence electrons. The van der Waals surface area contributed by atoms with Crippen LogP contribution in [-0.4, -0.2) is 23.1 Å². The number of carbonyl (C=O) groups is 2. The molecule has 0 aliphatic rings. The van der Waals surface area contributed by atoms with Crippen molar-refractivity contribution in [3.63, 3.8) is 0 Å². The number of nitrogens with zero attached hydrogens (tertiary/aromatic N) is 1. The number of amides is 2. The minimum atomic E-state index is -0.423. The van der Waals surface area contributed by atoms with E-state index in [0.717, 1.165) is 0 Å². The Morgan fingerprint density at radius 2 is 1.54 bits per heavy atom. The zero-order valence-corrected chi connectivity index (χ0v) is 14.6. The number of phenols is 1. The summed E-state index contributed by atoms with van der Waals surface area (Å²) in [6.45, 7) is 0. The number of hydrogen-bond donors (Lipinski definition) is 3. The Morgan fingerprint density at radius 1 is 0.893 bits per heavy atom. The molecule has 3 aromatic rings. The van der Waals surface area contributed by atoms with Gasteiger partial charge in [-0.1, -0.05) is 12.1 Å². The molecule has 6 nitrogen and oxygen atoms in total. The van der Waals surface area contributed by atoms with E-state index >= 15 is 0 Å². The summed E-state index contributed by atoms with van der Waals surface area (Å²) in [6.07, 6.45) is 1.41. The average molecular weight is 377 g/mol. The molecule has 3 aromatic carbocycles. The molecule has 0 aromatic heterocycles. The van der Waals surface area contributed by atoms with Crippen LogP contribution < -0.4 is 10.7 Å². The fourth-order valence-electron chi connectivity index (χ4n) is 2.34. The van der Waals surface area contributed by atoms with Crippen molar-refractivity contribution in [3.8, 4) is 5.75 Å². The molecule has 0 heterocycles. The van der Waals surface area contributed by atoms with Gasteiger partial charge in [0.15, 0.2) is 0 Å². The fraction of sp³-hybridized carbons (Fsp3) is 0. The lowest BCUT2D eigenvalue weighted by Crippen LogP contribution is -2.17. The summed E-state index contributed by atoms with van der Waals surface area (Å²) in [5.74, 6) is -1.12. The minimum Gasteiger partial charge on any atom is -0.508 e. The van der Waals surface area contributed by atoms with Gasteiger partial charge in [0, 0.05) is 16.8 Å². The van der Waals surface area contributed by atoms with Crippen molar-refractivity contribution in [2.45, 2.75) is 0 Å². The SMILES string of the molecule is O=C(NN=Cc1cccc(O)c1)c1ccc(NC(=O)c2ccc(F)cc2)cc1. The molecule has 0 spiro atoms. The van der Waals surface area contributed by atoms with Gasteiger partial charge >= 0.3 is 0 Å². The Bertz CT molecular complexity index is 1020. The molecule has 3 rings (SSSR count). The van der Waals surface area contributed by atoms with Gasteiger partial charge in [-0.3, -0.25) is 9.59 Å². The van der Waals surface area contributed by atoms with Crippen LogP contribution in [0.5, 0.6) is 5.75 Å². The molecule has 0 aliphatic heterocycles. The van der Waals surface area contributed by atoms with E-state index in [9.17, 15) is 19.1 Å². The van der Waals surface area contributed by atoms with Gasteiger partial charge in [0.1, 0.15) is 11.6 Å². The summed E-state index contributed by atoms with van der Waals surface area (Å²) in [6, 6.07) is 17.9. The number of benzene rings is 3. The smallest absolute Gasteiger partial charge is 0.271 e. The van der Waals surface area contributed by atoms with E-state index in [4.69, 9.17) is 0 Å². The number of nitrogens with one attached hydrogen (secondary N) is 2. The van der Waals surface area contributed by atoms with Crippen LogP contribution in [0.2, 0.25) is 0 Å². The van der Waals surface area contributed by atoms with Crippen molar-refractivity contribution < 1.29 is 19.1 Å². The molecule has 0 atom stereocenters. The van der Waals surface area contributed by atoms with E-state index in [2.05, 4.69) is 15.8 Å². The predicted octanol–water partition coefficient (Wildman–Crippen LogP) is 3.55. The first-order valence-electron chi connectivity index (χ1n) is 8.31. The van der Waals surface area contributed by atoms with Crippen LogP contribution in [0.25, 0.3) is 0 Å². The summed E-state index contributed by atoms with van der Waals surface area (Å²) in [5.41, 5.74) is 4.20. The lowest BCUT2D eigenvalue weighted by molar-refractivity contribution is 0.0954. The Kier molecular flexibility index (Phi) is 5.76. The van der Waals surface area contributed by atoms with Crippen molar-refractivity contribution in [1.29, 1.82) is 0 Å². The van der Waals surface area contributed by atoms with Gasteiger partial charge in [-0.25, -0.2) is 9.82 Å². The molecular formula is C21H16FN3O3. The number of carbonyl (C=O) groups excluding carboxylic acids is 2. The molecule has 28 heavy (non-hydrogen) atoms. The Labute approximate surface area is 160 Å². The van der Waals surface area contributed by atoms with Gasteiger partial charge in [0.25, 0.3) is 11.8 Å². The maximum Gasteiger partial charge on any atom is 0.271 e. The third-order valence-corrected chi connectivity index (χ3v) is 3.76. The molecule has 3 N–H and O–H groups in total. The first-order chi connectivity index (χ1) is 13.5. The number of aromatic hydroxyl groups is 1. The topological polar surface area (TPSA) is 90.8 Å². The minimum absolute atomic E-state index is 0.105. The summed E-state index contributed by atoms with van der Waals surface area (Å²) in [4.78, 5) is 24.2. The van der Waals surface area contributed by atoms with Crippen LogP contribution in [-0.2, 0) is 0 Å². The maximum absolute atomic E-state index is 12.9. The maximum atomic E-state index is 12.9. The van der Waals surface area contributed by atoms with Gasteiger partial charge in [-0.2, -0.15) is 5.10 Å². The molecule has 0 bridgehead atoms. The normalized spacial score (nSPS) is 10.6. The molecule has 0 fully saturated rings. The highest BCUT2D eigenvalue weighted by Gasteiger charge is 2.08. The Morgan fingerprint density at radius 3 is 2.21 bits per heavy atom. The molecule has 7 heteroatoms. The Hall–Kier alpha value is -4.00. The lowest BCUT2D eigenvalue weighted by Gasteiger charge is -2.06. The molecule has 2 amide bonds. The molecule has 0 saturated heterocycles. The average Bonchev–Trinajstić information content (AvgIpc) is 2.69. The molecule has 0 aliphatic carbocycles. The van der Waals surface area contributed by atoms with Crippen LogP contribution in [0.15, 0.2) is 77.9 Å². The second-order valence-corrected chi connectivity index (χ2v) is 5.83. The van der Waals surface area contributed by atoms with Crippen LogP contribution in [0.1, 0.15) is 26.3 Å². The highest BCUT2D eigenvalue weighted by Crippen LogP contribution is 2.12. The number of hydrogen-bond acceptors (Lipinski definition) is 4. The van der Waals surface area contributed by atoms with Crippen molar-refractivity contribution in [3.05, 3.63) is 95.3 Å². The fourth-order valence-corrected chi connectivity index (χ4v) is 2.34. The summed E-state index contributed by atoms with van der Waals surface area (Å²) < 4.78 is 12.9. The van der Waals surface area contributed by atoms with Gasteiger partial charge in [-0.15, -0.1) is 0 Å². The van der Waals surface area contributed by atoms with Gasteiger partial charge < -0.3 is 10.4 Å². The van der Waals surface area contributed by atoms with E-state index in [0.29, 0.717) is 22.4 Å². The van der Waals surface area contributed by atoms with Crippen LogP contribution in [0.4, 0.5) is 10.1 Å². The standard InChI is InChI=1S/C21H16FN3O3/c22-17-8-4-15(5-9-17)20(27)24-18-10-6-16(7-11-18)21(28)25-23-13-14-2-1-3-19(26)12-14/h1-13,26H,(H,24,27)(H,25,28). The Balaban J connectivity index is 1.58. The number of halogens is 1. The highest BCUT2D eigenvalue weighted by atomic mass is 19.1. The second kappa shape index (κ2) is 8.59. The van der Waals surface area contributed by atoms with Crippen LogP contribution >= 0.6 is 0 Å². The van der Waals surface area contributed by atoms with Crippen molar-refractivity contribution >= 4 is 23.7 Å². The van der Waals surface area contributed by atoms with E-state index < -0.39 is 11.7 Å². The first-order valence-corrected chi connectivity index (χ1v) is 8.31. The number of anilines is 1. The van der Waals surface area contributed by atoms with Crippen molar-refractivity contribution in [1.82, 2.24) is 5.43 Å². The van der Waals surface area contributed by atoms with Crippen LogP contribution in [0.3, 0.4) is 0 Å². The molecule has 0 unspecified atom stereocenters. The van der Waals surface area contributed by atoms with E-state index in [1.54, 1.807) is 36.4 Å². The molecule has 0 saturated carbocycles. The zero-order chi connectivity index (χ0) is 19.9. The quantitative estimate of drug-likeness (QED) is 0.469. The van der Waals surface area contributed by atoms with E-state index in [1.165, 1.54) is 42.6 Å². The summed E-state index contributed by atoms with van der Waals surface area (Å²) in [5, 5.41) is 15.9. The molecular weight excluding hydrogens is 361 g/mol. The van der Waals surface area contributed by atoms with E-state index in [-0.39, 0.29) is 11.7 Å². The van der Waals surface area contributed by atoms with Crippen molar-refractivity contribution in [2.75, 3.05) is 5.32 Å². The lowest BCUT2D eigenvalue weighted by atomic mass is 10.1. The molecule has 0 radical (unpaired) electrons. The zero-order valence-electron chi connectivity index (χ0n) is 14.6. The number of phenolic OH excluding ortho intramolecular Hbond substituents is 1. The number of rotatable bonds is 5. The van der Waals surface area contributed by atoms with Gasteiger partial charge in [0.2, 0.25) is 0 Å². The number of hydrazone groups is 1. The summed E-state index contributed by atoms with van der Waals surface area (Å²) >= 11 is 0. The second-order valence-electron chi connectivity index (χ2n) is 5.83. The monoisotopic (exact) mass is 377 g/mol. The highest BCUT2D eigenvalue weighted by molar-refractivity contribution is 6.04. The van der Waals surface area contributed by atoms with Crippen molar-refractivity contribution in [2.24, 2.45) is 5.10 Å². The van der Waals surface area contributed by atoms with Crippen LogP contribution in [0, 0.1) is 5.82 Å². The first kappa shape index (κ1) is 18.8. The third kappa shape index (κ3) is 5.01. The van der Waals surface area contributed by atoms with Gasteiger partial charge in [0.05, 0.1) is 6.21 Å².